The Labute approximate surface area is 309 Å². The summed E-state index contributed by atoms with van der Waals surface area (Å²) in [6.07, 6.45) is 5.50. The molecule has 2 aromatic heterocycles. The van der Waals surface area contributed by atoms with Gasteiger partial charge in [0.05, 0.1) is 5.69 Å². The number of furan rings is 1. The van der Waals surface area contributed by atoms with Crippen molar-refractivity contribution < 1.29 is 4.42 Å². The third kappa shape index (κ3) is 5.57. The van der Waals surface area contributed by atoms with Gasteiger partial charge in [-0.05, 0) is 114 Å². The maximum atomic E-state index is 6.76. The molecular formula is C49H39NOS. The molecule has 1 atom stereocenters. The Kier molecular flexibility index (Phi) is 8.17. The Balaban J connectivity index is 1.32. The molecule has 1 aliphatic rings. The minimum absolute atomic E-state index is 0.304. The first kappa shape index (κ1) is 32.3. The van der Waals surface area contributed by atoms with Gasteiger partial charge in [0, 0.05) is 37.6 Å². The second kappa shape index (κ2) is 13.2. The number of hydrogen-bond acceptors (Lipinski definition) is 3. The summed E-state index contributed by atoms with van der Waals surface area (Å²) in [6.45, 7) is 8.92. The molecule has 0 fully saturated rings. The van der Waals surface area contributed by atoms with Crippen molar-refractivity contribution in [3.63, 3.8) is 0 Å². The number of nitrogens with zero attached hydrogens (tertiary/aromatic N) is 1. The predicted octanol–water partition coefficient (Wildman–Crippen LogP) is 14.2. The lowest BCUT2D eigenvalue weighted by atomic mass is 9.87. The zero-order chi connectivity index (χ0) is 35.3. The Morgan fingerprint density at radius 3 is 2.06 bits per heavy atom. The van der Waals surface area contributed by atoms with E-state index in [-0.39, 0.29) is 0 Å². The van der Waals surface area contributed by atoms with Gasteiger partial charge in [-0.15, -0.1) is 0 Å². The highest BCUT2D eigenvalue weighted by Crippen LogP contribution is 2.46. The SMILES string of the molecule is Cc1ccccc1Sc1ccccc1-c1cc(-c2cccc(-c3ccccc3C)c2C)cc(-c2nc3c(c4c2oc2ccccc24)C=CCC3C)c1. The second-order valence-corrected chi connectivity index (χ2v) is 15.1. The minimum Gasteiger partial charge on any atom is -0.454 e. The largest absolute Gasteiger partial charge is 0.454 e. The maximum Gasteiger partial charge on any atom is 0.162 e. The highest BCUT2D eigenvalue weighted by Gasteiger charge is 2.25. The summed E-state index contributed by atoms with van der Waals surface area (Å²) >= 11 is 1.83. The number of allylic oxidation sites excluding steroid dienone is 1. The van der Waals surface area contributed by atoms with Crippen LogP contribution in [0.4, 0.5) is 0 Å². The van der Waals surface area contributed by atoms with Gasteiger partial charge >= 0.3 is 0 Å². The Bertz CT molecular complexity index is 2700. The number of benzene rings is 6. The Morgan fingerprint density at radius 2 is 1.25 bits per heavy atom. The fourth-order valence-electron chi connectivity index (χ4n) is 7.85. The molecule has 0 bridgehead atoms. The average Bonchev–Trinajstić information content (AvgIpc) is 3.56. The van der Waals surface area contributed by atoms with E-state index in [9.17, 15) is 0 Å². The molecule has 1 unspecified atom stereocenters. The van der Waals surface area contributed by atoms with Crippen LogP contribution in [-0.2, 0) is 0 Å². The molecule has 0 aliphatic heterocycles. The Morgan fingerprint density at radius 1 is 0.615 bits per heavy atom. The van der Waals surface area contributed by atoms with Crippen LogP contribution < -0.4 is 0 Å². The van der Waals surface area contributed by atoms with Crippen molar-refractivity contribution in [1.82, 2.24) is 4.98 Å². The van der Waals surface area contributed by atoms with Gasteiger partial charge in [0.2, 0.25) is 0 Å². The monoisotopic (exact) mass is 689 g/mol. The maximum absolute atomic E-state index is 6.76. The summed E-state index contributed by atoms with van der Waals surface area (Å²) in [5.41, 5.74) is 17.0. The summed E-state index contributed by atoms with van der Waals surface area (Å²) in [5, 5.41) is 2.29. The van der Waals surface area contributed by atoms with Gasteiger partial charge in [-0.3, -0.25) is 0 Å². The van der Waals surface area contributed by atoms with E-state index in [1.807, 2.05) is 11.8 Å². The van der Waals surface area contributed by atoms with Crippen LogP contribution in [-0.4, -0.2) is 4.98 Å². The minimum atomic E-state index is 0.304. The second-order valence-electron chi connectivity index (χ2n) is 14.1. The fourth-order valence-corrected chi connectivity index (χ4v) is 8.91. The van der Waals surface area contributed by atoms with Crippen molar-refractivity contribution in [1.29, 1.82) is 0 Å². The van der Waals surface area contributed by atoms with Crippen molar-refractivity contribution in [2.24, 2.45) is 0 Å². The molecular weight excluding hydrogens is 651 g/mol. The van der Waals surface area contributed by atoms with Gasteiger partial charge in [0.1, 0.15) is 11.3 Å². The van der Waals surface area contributed by atoms with Crippen LogP contribution in [0.25, 0.3) is 72.7 Å². The molecule has 252 valence electrons. The molecule has 2 heterocycles. The molecule has 1 aliphatic carbocycles. The molecule has 8 aromatic rings. The summed E-state index contributed by atoms with van der Waals surface area (Å²) in [6, 6.07) is 48.2. The van der Waals surface area contributed by atoms with E-state index < -0.39 is 0 Å². The molecule has 0 spiro atoms. The van der Waals surface area contributed by atoms with Crippen molar-refractivity contribution in [2.45, 2.75) is 49.8 Å². The van der Waals surface area contributed by atoms with Gasteiger partial charge < -0.3 is 4.42 Å². The van der Waals surface area contributed by atoms with Crippen LogP contribution in [0.2, 0.25) is 0 Å². The number of para-hydroxylation sites is 1. The molecule has 0 saturated carbocycles. The quantitative estimate of drug-likeness (QED) is 0.174. The average molecular weight is 690 g/mol. The molecule has 0 N–H and O–H groups in total. The first-order valence-corrected chi connectivity index (χ1v) is 18.9. The Hall–Kier alpha value is -5.64. The van der Waals surface area contributed by atoms with Crippen molar-refractivity contribution >= 4 is 39.8 Å². The number of aromatic nitrogens is 1. The van der Waals surface area contributed by atoms with Crippen molar-refractivity contribution in [3.8, 4) is 44.6 Å². The lowest BCUT2D eigenvalue weighted by Gasteiger charge is -2.20. The summed E-state index contributed by atoms with van der Waals surface area (Å²) in [5.74, 6) is 0.304. The highest BCUT2D eigenvalue weighted by molar-refractivity contribution is 7.99. The van der Waals surface area contributed by atoms with E-state index in [0.717, 1.165) is 56.4 Å². The van der Waals surface area contributed by atoms with Crippen molar-refractivity contribution in [3.05, 3.63) is 167 Å². The van der Waals surface area contributed by atoms with E-state index in [1.165, 1.54) is 54.3 Å². The fraction of sp³-hybridized carbons (Fsp3) is 0.122. The van der Waals surface area contributed by atoms with Crippen LogP contribution >= 0.6 is 11.8 Å². The molecule has 0 radical (unpaired) electrons. The van der Waals surface area contributed by atoms with E-state index in [0.29, 0.717) is 5.92 Å². The summed E-state index contributed by atoms with van der Waals surface area (Å²) in [7, 11) is 0. The van der Waals surface area contributed by atoms with Gasteiger partial charge in [0.15, 0.2) is 5.58 Å². The third-order valence-electron chi connectivity index (χ3n) is 10.6. The third-order valence-corrected chi connectivity index (χ3v) is 11.9. The molecule has 2 nitrogen and oxygen atoms in total. The van der Waals surface area contributed by atoms with Gasteiger partial charge in [-0.1, -0.05) is 128 Å². The van der Waals surface area contributed by atoms with Gasteiger partial charge in [-0.2, -0.15) is 0 Å². The van der Waals surface area contributed by atoms with Gasteiger partial charge in [0.25, 0.3) is 0 Å². The normalized spacial score (nSPS) is 13.9. The smallest absolute Gasteiger partial charge is 0.162 e. The number of hydrogen-bond donors (Lipinski definition) is 0. The number of rotatable bonds is 6. The number of fused-ring (bicyclic) bond motifs is 5. The van der Waals surface area contributed by atoms with Crippen LogP contribution in [0.3, 0.4) is 0 Å². The summed E-state index contributed by atoms with van der Waals surface area (Å²) in [4.78, 5) is 7.99. The molecule has 52 heavy (non-hydrogen) atoms. The van der Waals surface area contributed by atoms with Crippen LogP contribution in [0.15, 0.2) is 154 Å². The number of aryl methyl sites for hydroxylation is 2. The zero-order valence-electron chi connectivity index (χ0n) is 29.9. The zero-order valence-corrected chi connectivity index (χ0v) is 30.7. The predicted molar refractivity (Wildman–Crippen MR) is 220 cm³/mol. The van der Waals surface area contributed by atoms with Crippen molar-refractivity contribution in [2.75, 3.05) is 0 Å². The van der Waals surface area contributed by atoms with E-state index in [2.05, 4.69) is 173 Å². The van der Waals surface area contributed by atoms with E-state index in [4.69, 9.17) is 9.40 Å². The van der Waals surface area contributed by atoms with Crippen LogP contribution in [0.1, 0.15) is 47.2 Å². The first-order chi connectivity index (χ1) is 25.4. The van der Waals surface area contributed by atoms with E-state index >= 15 is 0 Å². The first-order valence-electron chi connectivity index (χ1n) is 18.1. The molecule has 0 saturated heterocycles. The van der Waals surface area contributed by atoms with Crippen LogP contribution in [0.5, 0.6) is 0 Å². The lowest BCUT2D eigenvalue weighted by molar-refractivity contribution is 0.665. The van der Waals surface area contributed by atoms with Crippen LogP contribution in [0, 0.1) is 20.8 Å². The highest BCUT2D eigenvalue weighted by atomic mass is 32.2. The van der Waals surface area contributed by atoms with Gasteiger partial charge in [-0.25, -0.2) is 4.98 Å². The molecule has 6 aromatic carbocycles. The molecule has 9 rings (SSSR count). The molecule has 0 amide bonds. The lowest BCUT2D eigenvalue weighted by Crippen LogP contribution is -2.05. The topological polar surface area (TPSA) is 26.0 Å². The summed E-state index contributed by atoms with van der Waals surface area (Å²) < 4.78 is 6.76. The standard InChI is InChI=1S/C49H39NOS/c1-30-15-5-7-18-37(30)39-22-14-21-38(33(39)4)34-27-35(40-19-9-12-26-45(40)52-44-25-11-6-16-31(44)2)29-36(28-34)48-49-46(41-20-8-10-24-43(41)51-49)42-23-13-17-32(3)47(42)50-48/h5-16,18-29,32H,17H2,1-4H3. The van der Waals surface area contributed by atoms with E-state index in [1.54, 1.807) is 0 Å². The molecule has 3 heteroatoms. The number of pyridine rings is 1.